The number of hydrogen-bond donors (Lipinski definition) is 2. The summed E-state index contributed by atoms with van der Waals surface area (Å²) in [4.78, 5) is 0. The van der Waals surface area contributed by atoms with Crippen LogP contribution in [0.15, 0.2) is 34.5 Å². The maximum atomic E-state index is 12.0. The van der Waals surface area contributed by atoms with Gasteiger partial charge in [0.25, 0.3) is 0 Å². The zero-order chi connectivity index (χ0) is 14.0. The van der Waals surface area contributed by atoms with Gasteiger partial charge in [-0.2, -0.15) is 0 Å². The molecule has 0 bridgehead atoms. The minimum absolute atomic E-state index is 0.103. The molecule has 19 heavy (non-hydrogen) atoms. The minimum atomic E-state index is -3.57. The van der Waals surface area contributed by atoms with Gasteiger partial charge in [-0.15, -0.1) is 11.3 Å². The maximum absolute atomic E-state index is 12.0. The van der Waals surface area contributed by atoms with Crippen molar-refractivity contribution in [3.05, 3.63) is 45.8 Å². The van der Waals surface area contributed by atoms with E-state index in [2.05, 4.69) is 4.72 Å². The Labute approximate surface area is 120 Å². The minimum Gasteiger partial charge on any atom is -0.508 e. The highest BCUT2D eigenvalue weighted by Crippen LogP contribution is 2.30. The van der Waals surface area contributed by atoms with Crippen LogP contribution in [0.3, 0.4) is 0 Å². The van der Waals surface area contributed by atoms with E-state index in [-0.39, 0.29) is 16.5 Å². The number of nitrogens with one attached hydrogen (secondary N) is 1. The third kappa shape index (κ3) is 3.48. The zero-order valence-corrected chi connectivity index (χ0v) is 12.4. The van der Waals surface area contributed by atoms with Gasteiger partial charge >= 0.3 is 0 Å². The van der Waals surface area contributed by atoms with Crippen molar-refractivity contribution < 1.29 is 13.5 Å². The molecule has 1 heterocycles. The molecular formula is C12H12ClNO3S2. The summed E-state index contributed by atoms with van der Waals surface area (Å²) in [6, 6.07) is 7.97. The molecule has 0 unspecified atom stereocenters. The normalized spacial score (nSPS) is 11.7. The molecule has 0 saturated heterocycles. The van der Waals surface area contributed by atoms with Crippen LogP contribution >= 0.6 is 22.9 Å². The van der Waals surface area contributed by atoms with E-state index in [1.807, 2.05) is 0 Å². The standard InChI is InChI=1S/C12H12ClNO3S2/c1-8-5-11(18-12(8)13)19(16,17)14-7-9-3-2-4-10(15)6-9/h2-6,14-15H,7H2,1H3. The Morgan fingerprint density at radius 2 is 2.11 bits per heavy atom. The molecule has 1 aromatic carbocycles. The van der Waals surface area contributed by atoms with Gasteiger partial charge < -0.3 is 5.11 Å². The molecule has 2 N–H and O–H groups in total. The third-order valence-electron chi connectivity index (χ3n) is 2.48. The van der Waals surface area contributed by atoms with Crippen molar-refractivity contribution in [3.8, 4) is 5.75 Å². The first kappa shape index (κ1) is 14.3. The quantitative estimate of drug-likeness (QED) is 0.911. The van der Waals surface area contributed by atoms with E-state index in [1.165, 1.54) is 18.2 Å². The summed E-state index contributed by atoms with van der Waals surface area (Å²) in [7, 11) is -3.57. The van der Waals surface area contributed by atoms with Gasteiger partial charge in [-0.1, -0.05) is 23.7 Å². The Morgan fingerprint density at radius 1 is 1.37 bits per heavy atom. The molecular weight excluding hydrogens is 306 g/mol. The average molecular weight is 318 g/mol. The van der Waals surface area contributed by atoms with Crippen LogP contribution in [-0.4, -0.2) is 13.5 Å². The van der Waals surface area contributed by atoms with Crippen molar-refractivity contribution in [2.75, 3.05) is 0 Å². The molecule has 0 aliphatic rings. The number of sulfonamides is 1. The summed E-state index contributed by atoms with van der Waals surface area (Å²) >= 11 is 6.89. The topological polar surface area (TPSA) is 66.4 Å². The maximum Gasteiger partial charge on any atom is 0.250 e. The van der Waals surface area contributed by atoms with E-state index in [1.54, 1.807) is 19.1 Å². The Kier molecular flexibility index (Phi) is 4.15. The van der Waals surface area contributed by atoms with Crippen LogP contribution in [0.25, 0.3) is 0 Å². The van der Waals surface area contributed by atoms with E-state index in [9.17, 15) is 13.5 Å². The van der Waals surface area contributed by atoms with Gasteiger partial charge in [-0.25, -0.2) is 13.1 Å². The summed E-state index contributed by atoms with van der Waals surface area (Å²) in [5, 5.41) is 9.31. The van der Waals surface area contributed by atoms with Crippen LogP contribution in [0, 0.1) is 6.92 Å². The Hall–Kier alpha value is -1.08. The summed E-state index contributed by atoms with van der Waals surface area (Å²) in [5.41, 5.74) is 1.42. The first-order valence-electron chi connectivity index (χ1n) is 5.42. The van der Waals surface area contributed by atoms with Crippen LogP contribution in [-0.2, 0) is 16.6 Å². The molecule has 102 valence electrons. The molecule has 0 aliphatic carbocycles. The van der Waals surface area contributed by atoms with E-state index in [0.29, 0.717) is 9.90 Å². The monoisotopic (exact) mass is 317 g/mol. The first-order chi connectivity index (χ1) is 8.88. The number of aryl methyl sites for hydroxylation is 1. The summed E-state index contributed by atoms with van der Waals surface area (Å²) in [5.74, 6) is 0.103. The van der Waals surface area contributed by atoms with Crippen LogP contribution in [0.1, 0.15) is 11.1 Å². The molecule has 7 heteroatoms. The molecule has 0 radical (unpaired) electrons. The molecule has 1 aromatic heterocycles. The smallest absolute Gasteiger partial charge is 0.250 e. The lowest BCUT2D eigenvalue weighted by molar-refractivity contribution is 0.474. The number of rotatable bonds is 4. The number of aromatic hydroxyl groups is 1. The van der Waals surface area contributed by atoms with Crippen molar-refractivity contribution in [1.82, 2.24) is 4.72 Å². The molecule has 4 nitrogen and oxygen atoms in total. The van der Waals surface area contributed by atoms with Gasteiger partial charge in [0.15, 0.2) is 0 Å². The molecule has 0 atom stereocenters. The Balaban J connectivity index is 2.14. The second kappa shape index (κ2) is 5.50. The number of phenolic OH excluding ortho intramolecular Hbond substituents is 1. The molecule has 0 fully saturated rings. The van der Waals surface area contributed by atoms with Gasteiger partial charge in [0, 0.05) is 6.54 Å². The number of benzene rings is 1. The number of halogens is 1. The highest BCUT2D eigenvalue weighted by atomic mass is 35.5. The number of thiophene rings is 1. The molecule has 0 saturated carbocycles. The van der Waals surface area contributed by atoms with Crippen molar-refractivity contribution in [2.45, 2.75) is 17.7 Å². The third-order valence-corrected chi connectivity index (χ3v) is 5.91. The zero-order valence-electron chi connectivity index (χ0n) is 10.1. The van der Waals surface area contributed by atoms with Gasteiger partial charge in [-0.3, -0.25) is 0 Å². The van der Waals surface area contributed by atoms with Gasteiger partial charge in [0.05, 0.1) is 4.34 Å². The van der Waals surface area contributed by atoms with Crippen LogP contribution < -0.4 is 4.72 Å². The van der Waals surface area contributed by atoms with Gasteiger partial charge in [0.2, 0.25) is 10.0 Å². The lowest BCUT2D eigenvalue weighted by Gasteiger charge is -2.05. The van der Waals surface area contributed by atoms with E-state index in [4.69, 9.17) is 11.6 Å². The summed E-state index contributed by atoms with van der Waals surface area (Å²) < 4.78 is 27.2. The lowest BCUT2D eigenvalue weighted by atomic mass is 10.2. The number of phenols is 1. The van der Waals surface area contributed by atoms with Gasteiger partial charge in [0.1, 0.15) is 9.96 Å². The molecule has 2 rings (SSSR count). The first-order valence-corrected chi connectivity index (χ1v) is 8.10. The average Bonchev–Trinajstić information content (AvgIpc) is 2.68. The number of hydrogen-bond acceptors (Lipinski definition) is 4. The van der Waals surface area contributed by atoms with Crippen molar-refractivity contribution in [1.29, 1.82) is 0 Å². The van der Waals surface area contributed by atoms with E-state index < -0.39 is 10.0 Å². The van der Waals surface area contributed by atoms with Crippen molar-refractivity contribution in [3.63, 3.8) is 0 Å². The predicted octanol–water partition coefficient (Wildman–Crippen LogP) is 2.89. The highest BCUT2D eigenvalue weighted by molar-refractivity contribution is 7.91. The fourth-order valence-electron chi connectivity index (χ4n) is 1.48. The van der Waals surface area contributed by atoms with E-state index >= 15 is 0 Å². The Bertz CT molecular complexity index is 675. The van der Waals surface area contributed by atoms with Crippen LogP contribution in [0.4, 0.5) is 0 Å². The largest absolute Gasteiger partial charge is 0.508 e. The second-order valence-corrected chi connectivity index (χ2v) is 7.66. The van der Waals surface area contributed by atoms with Crippen molar-refractivity contribution in [2.24, 2.45) is 0 Å². The second-order valence-electron chi connectivity index (χ2n) is 4.02. The summed E-state index contributed by atoms with van der Waals surface area (Å²) in [6.07, 6.45) is 0. The Morgan fingerprint density at radius 3 is 2.68 bits per heavy atom. The van der Waals surface area contributed by atoms with Gasteiger partial charge in [-0.05, 0) is 36.2 Å². The fourth-order valence-corrected chi connectivity index (χ4v) is 4.25. The predicted molar refractivity (Wildman–Crippen MR) is 76.2 cm³/mol. The van der Waals surface area contributed by atoms with Crippen LogP contribution in [0.5, 0.6) is 5.75 Å². The van der Waals surface area contributed by atoms with Crippen molar-refractivity contribution >= 4 is 33.0 Å². The van der Waals surface area contributed by atoms with E-state index in [0.717, 1.165) is 16.9 Å². The lowest BCUT2D eigenvalue weighted by Crippen LogP contribution is -2.22. The summed E-state index contributed by atoms with van der Waals surface area (Å²) in [6.45, 7) is 1.87. The van der Waals surface area contributed by atoms with Crippen LogP contribution in [0.2, 0.25) is 4.34 Å². The highest BCUT2D eigenvalue weighted by Gasteiger charge is 2.18. The molecule has 0 amide bonds. The fraction of sp³-hybridized carbons (Fsp3) is 0.167. The molecule has 0 spiro atoms. The molecule has 0 aliphatic heterocycles. The SMILES string of the molecule is Cc1cc(S(=O)(=O)NCc2cccc(O)c2)sc1Cl. The molecule has 2 aromatic rings.